The second-order valence-corrected chi connectivity index (χ2v) is 7.51. The van der Waals surface area contributed by atoms with Crippen LogP contribution in [0.1, 0.15) is 33.6 Å². The van der Waals surface area contributed by atoms with Crippen molar-refractivity contribution in [1.29, 1.82) is 0 Å². The quantitative estimate of drug-likeness (QED) is 0.618. The van der Waals surface area contributed by atoms with Crippen molar-refractivity contribution in [3.63, 3.8) is 0 Å². The van der Waals surface area contributed by atoms with Crippen LogP contribution in [0.3, 0.4) is 0 Å². The Hall–Kier alpha value is -3.61. The lowest BCUT2D eigenvalue weighted by Crippen LogP contribution is -2.16. The molecule has 7 heteroatoms. The molecule has 4 rings (SSSR count). The first-order valence-electron chi connectivity index (χ1n) is 10.2. The molecular formula is C24H25N3O4. The Morgan fingerprint density at radius 1 is 1.13 bits per heavy atom. The second-order valence-electron chi connectivity index (χ2n) is 7.51. The smallest absolute Gasteiger partial charge is 0.339 e. The molecule has 31 heavy (non-hydrogen) atoms. The van der Waals surface area contributed by atoms with Crippen molar-refractivity contribution >= 4 is 17.6 Å². The first-order valence-corrected chi connectivity index (χ1v) is 10.2. The summed E-state index contributed by atoms with van der Waals surface area (Å²) < 4.78 is 12.0. The molecule has 0 fully saturated rings. The van der Waals surface area contributed by atoms with Gasteiger partial charge in [-0.2, -0.15) is 5.10 Å². The Labute approximate surface area is 181 Å². The van der Waals surface area contributed by atoms with E-state index in [1.165, 1.54) is 18.2 Å². The summed E-state index contributed by atoms with van der Waals surface area (Å²) in [5.41, 5.74) is 6.39. The fraction of sp³-hybridized carbons (Fsp3) is 0.292. The van der Waals surface area contributed by atoms with Crippen molar-refractivity contribution in [2.24, 2.45) is 7.05 Å². The Morgan fingerprint density at radius 3 is 2.71 bits per heavy atom. The number of aryl methyl sites for hydroxylation is 2. The maximum Gasteiger partial charge on any atom is 0.339 e. The minimum absolute atomic E-state index is 0.160. The standard InChI is InChI=1S/C24H25N3O4/c1-27-21(12-13-22(28)25-20-7-5-4-6-18(20)24(29)31-3)19-10-8-15-14-16(30-2)9-11-17(15)23(19)26-27/h4-7,9,11,14H,8,10,12-13H2,1-3H3,(H,25,28). The number of rotatable bonds is 6. The van der Waals surface area contributed by atoms with Crippen LogP contribution in [-0.2, 0) is 35.8 Å². The van der Waals surface area contributed by atoms with Gasteiger partial charge in [0.1, 0.15) is 5.75 Å². The van der Waals surface area contributed by atoms with E-state index in [1.807, 2.05) is 17.8 Å². The average Bonchev–Trinajstić information content (AvgIpc) is 3.12. The molecular weight excluding hydrogens is 394 g/mol. The van der Waals surface area contributed by atoms with Crippen LogP contribution in [0, 0.1) is 0 Å². The Balaban J connectivity index is 1.50. The van der Waals surface area contributed by atoms with Gasteiger partial charge in [0.25, 0.3) is 0 Å². The molecule has 1 aliphatic carbocycles. The third-order valence-corrected chi connectivity index (χ3v) is 5.68. The van der Waals surface area contributed by atoms with E-state index in [4.69, 9.17) is 14.6 Å². The first kappa shape index (κ1) is 20.7. The van der Waals surface area contributed by atoms with Gasteiger partial charge in [0.05, 0.1) is 31.2 Å². The number of nitrogens with one attached hydrogen (secondary N) is 1. The summed E-state index contributed by atoms with van der Waals surface area (Å²) in [6, 6.07) is 12.9. The maximum absolute atomic E-state index is 12.6. The highest BCUT2D eigenvalue weighted by Crippen LogP contribution is 2.36. The van der Waals surface area contributed by atoms with E-state index in [-0.39, 0.29) is 12.3 Å². The van der Waals surface area contributed by atoms with E-state index in [2.05, 4.69) is 17.4 Å². The third-order valence-electron chi connectivity index (χ3n) is 5.68. The summed E-state index contributed by atoms with van der Waals surface area (Å²) in [7, 11) is 4.91. The molecule has 1 N–H and O–H groups in total. The fourth-order valence-corrected chi connectivity index (χ4v) is 4.11. The highest BCUT2D eigenvalue weighted by Gasteiger charge is 2.24. The van der Waals surface area contributed by atoms with Crippen LogP contribution in [0.2, 0.25) is 0 Å². The van der Waals surface area contributed by atoms with Gasteiger partial charge in [-0.1, -0.05) is 12.1 Å². The number of carbonyl (C=O) groups excluding carboxylic acids is 2. The van der Waals surface area contributed by atoms with E-state index < -0.39 is 5.97 Å². The van der Waals surface area contributed by atoms with Gasteiger partial charge in [0, 0.05) is 30.3 Å². The van der Waals surface area contributed by atoms with Crippen LogP contribution in [0.5, 0.6) is 5.75 Å². The number of amides is 1. The Bertz CT molecular complexity index is 1150. The number of ether oxygens (including phenoxy) is 2. The normalized spacial score (nSPS) is 12.0. The minimum atomic E-state index is -0.480. The van der Waals surface area contributed by atoms with Crippen molar-refractivity contribution in [3.8, 4) is 17.0 Å². The van der Waals surface area contributed by atoms with Crippen molar-refractivity contribution in [1.82, 2.24) is 9.78 Å². The number of benzene rings is 2. The van der Waals surface area contributed by atoms with Crippen LogP contribution >= 0.6 is 0 Å². The zero-order valence-electron chi connectivity index (χ0n) is 17.9. The average molecular weight is 419 g/mol. The lowest BCUT2D eigenvalue weighted by atomic mass is 9.88. The minimum Gasteiger partial charge on any atom is -0.497 e. The number of hydrogen-bond acceptors (Lipinski definition) is 5. The van der Waals surface area contributed by atoms with Crippen LogP contribution in [0.4, 0.5) is 5.69 Å². The molecule has 160 valence electrons. The number of methoxy groups -OCH3 is 2. The van der Waals surface area contributed by atoms with Gasteiger partial charge in [-0.25, -0.2) is 4.79 Å². The molecule has 7 nitrogen and oxygen atoms in total. The molecule has 1 aliphatic rings. The summed E-state index contributed by atoms with van der Waals surface area (Å²) in [4.78, 5) is 24.5. The summed E-state index contributed by atoms with van der Waals surface area (Å²) >= 11 is 0. The number of fused-ring (bicyclic) bond motifs is 3. The number of anilines is 1. The first-order chi connectivity index (χ1) is 15.0. The summed E-state index contributed by atoms with van der Waals surface area (Å²) in [5.74, 6) is 0.210. The number of para-hydroxylation sites is 1. The predicted molar refractivity (Wildman–Crippen MR) is 117 cm³/mol. The summed E-state index contributed by atoms with van der Waals surface area (Å²) in [6.07, 6.45) is 2.65. The maximum atomic E-state index is 12.6. The summed E-state index contributed by atoms with van der Waals surface area (Å²) in [5, 5.41) is 7.57. The molecule has 3 aromatic rings. The van der Waals surface area contributed by atoms with E-state index in [0.717, 1.165) is 35.5 Å². The monoisotopic (exact) mass is 419 g/mol. The fourth-order valence-electron chi connectivity index (χ4n) is 4.11. The highest BCUT2D eigenvalue weighted by atomic mass is 16.5. The lowest BCUT2D eigenvalue weighted by Gasteiger charge is -2.17. The van der Waals surface area contributed by atoms with E-state index >= 15 is 0 Å². The Kier molecular flexibility index (Phi) is 5.75. The molecule has 0 aliphatic heterocycles. The van der Waals surface area contributed by atoms with Crippen LogP contribution in [0.25, 0.3) is 11.3 Å². The molecule has 0 saturated carbocycles. The molecule has 0 atom stereocenters. The van der Waals surface area contributed by atoms with Gasteiger partial charge in [-0.05, 0) is 55.2 Å². The van der Waals surface area contributed by atoms with E-state index in [1.54, 1.807) is 31.4 Å². The Morgan fingerprint density at radius 2 is 1.94 bits per heavy atom. The molecule has 0 saturated heterocycles. The second kappa shape index (κ2) is 8.63. The number of hydrogen-bond donors (Lipinski definition) is 1. The number of nitrogens with zero attached hydrogens (tertiary/aromatic N) is 2. The number of esters is 1. The zero-order valence-corrected chi connectivity index (χ0v) is 17.9. The van der Waals surface area contributed by atoms with E-state index in [0.29, 0.717) is 17.7 Å². The largest absolute Gasteiger partial charge is 0.497 e. The zero-order chi connectivity index (χ0) is 22.0. The topological polar surface area (TPSA) is 82.5 Å². The number of aromatic nitrogens is 2. The van der Waals surface area contributed by atoms with Crippen LogP contribution < -0.4 is 10.1 Å². The van der Waals surface area contributed by atoms with E-state index in [9.17, 15) is 9.59 Å². The molecule has 1 aromatic heterocycles. The molecule has 0 radical (unpaired) electrons. The van der Waals surface area contributed by atoms with Gasteiger partial charge < -0.3 is 14.8 Å². The molecule has 2 aromatic carbocycles. The molecule has 0 bridgehead atoms. The highest BCUT2D eigenvalue weighted by molar-refractivity contribution is 6.01. The molecule has 0 unspecified atom stereocenters. The van der Waals surface area contributed by atoms with Crippen LogP contribution in [-0.4, -0.2) is 35.9 Å². The number of carbonyl (C=O) groups is 2. The van der Waals surface area contributed by atoms with Gasteiger partial charge in [-0.15, -0.1) is 0 Å². The SMILES string of the molecule is COC(=O)c1ccccc1NC(=O)CCc1c2c(nn1C)-c1ccc(OC)cc1CC2. The van der Waals surface area contributed by atoms with Crippen molar-refractivity contribution in [2.45, 2.75) is 25.7 Å². The van der Waals surface area contributed by atoms with Crippen molar-refractivity contribution < 1.29 is 19.1 Å². The molecule has 1 heterocycles. The third kappa shape index (κ3) is 4.03. The lowest BCUT2D eigenvalue weighted by molar-refractivity contribution is -0.116. The van der Waals surface area contributed by atoms with Gasteiger partial charge in [0.15, 0.2) is 0 Å². The molecule has 0 spiro atoms. The van der Waals surface area contributed by atoms with Gasteiger partial charge in [0.2, 0.25) is 5.91 Å². The predicted octanol–water partition coefficient (Wildman–Crippen LogP) is 3.55. The molecule has 1 amide bonds. The van der Waals surface area contributed by atoms with Gasteiger partial charge >= 0.3 is 5.97 Å². The van der Waals surface area contributed by atoms with Crippen LogP contribution in [0.15, 0.2) is 42.5 Å². The van der Waals surface area contributed by atoms with Crippen molar-refractivity contribution in [3.05, 3.63) is 64.8 Å². The van der Waals surface area contributed by atoms with Gasteiger partial charge in [-0.3, -0.25) is 9.48 Å². The van der Waals surface area contributed by atoms with Crippen molar-refractivity contribution in [2.75, 3.05) is 19.5 Å². The summed E-state index contributed by atoms with van der Waals surface area (Å²) in [6.45, 7) is 0.